The van der Waals surface area contributed by atoms with Crippen molar-refractivity contribution in [3.8, 4) is 0 Å². The Labute approximate surface area is 106 Å². The smallest absolute Gasteiger partial charge is 0.310 e. The first-order valence-corrected chi connectivity index (χ1v) is 6.57. The highest BCUT2D eigenvalue weighted by atomic mass is 79.9. The van der Waals surface area contributed by atoms with Crippen molar-refractivity contribution in [2.75, 3.05) is 6.61 Å². The number of carbonyl (C=O) groups excluding carboxylic acids is 1. The van der Waals surface area contributed by atoms with Gasteiger partial charge in [-0.3, -0.25) is 4.79 Å². The molecule has 0 fully saturated rings. The van der Waals surface area contributed by atoms with Crippen LogP contribution in [0.2, 0.25) is 0 Å². The molecule has 0 spiro atoms. The molecule has 0 amide bonds. The quantitative estimate of drug-likeness (QED) is 0.622. The average Bonchev–Trinajstić information content (AvgIpc) is 2.21. The number of hydrogen-bond acceptors (Lipinski definition) is 2. The molecule has 0 aliphatic carbocycles. The van der Waals surface area contributed by atoms with Gasteiger partial charge in [0.1, 0.15) is 0 Å². The second-order valence-electron chi connectivity index (χ2n) is 3.04. The molecule has 0 aliphatic rings. The third-order valence-electron chi connectivity index (χ3n) is 1.91. The van der Waals surface area contributed by atoms with Gasteiger partial charge in [-0.05, 0) is 24.1 Å². The number of esters is 1. The second-order valence-corrected chi connectivity index (χ2v) is 4.46. The zero-order valence-electron chi connectivity index (χ0n) is 8.43. The third-order valence-corrected chi connectivity index (χ3v) is 3.29. The van der Waals surface area contributed by atoms with E-state index in [0.717, 1.165) is 20.9 Å². The summed E-state index contributed by atoms with van der Waals surface area (Å²) in [6.45, 7) is 2.24. The molecular weight excluding hydrogens is 324 g/mol. The molecular formula is C11H12Br2O2. The van der Waals surface area contributed by atoms with E-state index in [2.05, 4.69) is 31.9 Å². The van der Waals surface area contributed by atoms with Crippen molar-refractivity contribution in [3.05, 3.63) is 33.8 Å². The molecule has 0 unspecified atom stereocenters. The molecule has 0 bridgehead atoms. The van der Waals surface area contributed by atoms with E-state index in [1.165, 1.54) is 0 Å². The maximum absolute atomic E-state index is 11.3. The molecule has 1 aromatic carbocycles. The normalized spacial score (nSPS) is 10.1. The van der Waals surface area contributed by atoms with Crippen LogP contribution in [-0.2, 0) is 21.3 Å². The fourth-order valence-electron chi connectivity index (χ4n) is 1.22. The Morgan fingerprint density at radius 1 is 1.47 bits per heavy atom. The Hall–Kier alpha value is -0.350. The van der Waals surface area contributed by atoms with Gasteiger partial charge in [-0.15, -0.1) is 0 Å². The van der Waals surface area contributed by atoms with Crippen LogP contribution < -0.4 is 0 Å². The highest BCUT2D eigenvalue weighted by Gasteiger charge is 2.06. The number of benzene rings is 1. The Kier molecular flexibility index (Phi) is 5.32. The van der Waals surface area contributed by atoms with E-state index in [4.69, 9.17) is 4.74 Å². The Balaban J connectivity index is 2.74. The molecule has 2 nitrogen and oxygen atoms in total. The monoisotopic (exact) mass is 334 g/mol. The van der Waals surface area contributed by atoms with Gasteiger partial charge in [-0.2, -0.15) is 0 Å². The largest absolute Gasteiger partial charge is 0.466 e. The second kappa shape index (κ2) is 6.28. The topological polar surface area (TPSA) is 26.3 Å². The minimum Gasteiger partial charge on any atom is -0.466 e. The van der Waals surface area contributed by atoms with E-state index in [1.54, 1.807) is 0 Å². The van der Waals surface area contributed by atoms with Crippen LogP contribution in [0.15, 0.2) is 22.7 Å². The maximum atomic E-state index is 11.3. The molecule has 4 heteroatoms. The van der Waals surface area contributed by atoms with Crippen molar-refractivity contribution < 1.29 is 9.53 Å². The van der Waals surface area contributed by atoms with Crippen LogP contribution in [-0.4, -0.2) is 12.6 Å². The highest BCUT2D eigenvalue weighted by Crippen LogP contribution is 2.21. The first-order valence-electron chi connectivity index (χ1n) is 4.66. The average molecular weight is 336 g/mol. The van der Waals surface area contributed by atoms with Crippen LogP contribution >= 0.6 is 31.9 Å². The Bertz CT molecular complexity index is 350. The van der Waals surface area contributed by atoms with E-state index < -0.39 is 0 Å². The summed E-state index contributed by atoms with van der Waals surface area (Å²) in [5, 5.41) is 0.768. The van der Waals surface area contributed by atoms with Gasteiger partial charge in [0.05, 0.1) is 13.0 Å². The van der Waals surface area contributed by atoms with Gasteiger partial charge in [0.15, 0.2) is 0 Å². The van der Waals surface area contributed by atoms with E-state index in [-0.39, 0.29) is 5.97 Å². The van der Waals surface area contributed by atoms with Gasteiger partial charge >= 0.3 is 5.97 Å². The van der Waals surface area contributed by atoms with Crippen molar-refractivity contribution >= 4 is 37.8 Å². The summed E-state index contributed by atoms with van der Waals surface area (Å²) in [6, 6.07) is 5.87. The van der Waals surface area contributed by atoms with E-state index >= 15 is 0 Å². The number of rotatable bonds is 4. The van der Waals surface area contributed by atoms with Crippen LogP contribution in [0.3, 0.4) is 0 Å². The van der Waals surface area contributed by atoms with Crippen LogP contribution in [0.4, 0.5) is 0 Å². The summed E-state index contributed by atoms with van der Waals surface area (Å²) in [5.74, 6) is -0.180. The zero-order chi connectivity index (χ0) is 11.3. The van der Waals surface area contributed by atoms with Crippen LogP contribution in [0.5, 0.6) is 0 Å². The van der Waals surface area contributed by atoms with Gasteiger partial charge in [-0.25, -0.2) is 0 Å². The number of ether oxygens (including phenoxy) is 1. The van der Waals surface area contributed by atoms with Gasteiger partial charge in [0.2, 0.25) is 0 Å². The predicted octanol–water partition coefficient (Wildman–Crippen LogP) is 3.45. The number of hydrogen-bond donors (Lipinski definition) is 0. The van der Waals surface area contributed by atoms with Crippen molar-refractivity contribution in [2.45, 2.75) is 18.7 Å². The van der Waals surface area contributed by atoms with Gasteiger partial charge in [-0.1, -0.05) is 44.0 Å². The van der Waals surface area contributed by atoms with Crippen molar-refractivity contribution in [2.24, 2.45) is 0 Å². The fraction of sp³-hybridized carbons (Fsp3) is 0.364. The lowest BCUT2D eigenvalue weighted by Crippen LogP contribution is -2.07. The minimum atomic E-state index is -0.180. The Morgan fingerprint density at radius 3 is 2.80 bits per heavy atom. The highest BCUT2D eigenvalue weighted by molar-refractivity contribution is 9.10. The summed E-state index contributed by atoms with van der Waals surface area (Å²) in [4.78, 5) is 11.3. The number of carbonyl (C=O) groups is 1. The molecule has 0 radical (unpaired) electrons. The molecule has 0 saturated carbocycles. The van der Waals surface area contributed by atoms with E-state index in [1.807, 2.05) is 25.1 Å². The SMILES string of the molecule is CCOC(=O)Cc1ccc(Br)c(CBr)c1. The fourth-order valence-corrected chi connectivity index (χ4v) is 2.45. The molecule has 0 aliphatic heterocycles. The molecule has 0 atom stereocenters. The van der Waals surface area contributed by atoms with Gasteiger partial charge < -0.3 is 4.74 Å². The van der Waals surface area contributed by atoms with Gasteiger partial charge in [0.25, 0.3) is 0 Å². The molecule has 15 heavy (non-hydrogen) atoms. The van der Waals surface area contributed by atoms with Crippen molar-refractivity contribution in [1.29, 1.82) is 0 Å². The van der Waals surface area contributed by atoms with Crippen LogP contribution in [0, 0.1) is 0 Å². The molecule has 1 rings (SSSR count). The molecule has 0 N–H and O–H groups in total. The molecule has 82 valence electrons. The van der Waals surface area contributed by atoms with Crippen LogP contribution in [0.25, 0.3) is 0 Å². The Morgan fingerprint density at radius 2 is 2.20 bits per heavy atom. The van der Waals surface area contributed by atoms with E-state index in [9.17, 15) is 4.79 Å². The predicted molar refractivity (Wildman–Crippen MR) is 67.1 cm³/mol. The molecule has 1 aromatic rings. The lowest BCUT2D eigenvalue weighted by molar-refractivity contribution is -0.142. The summed E-state index contributed by atoms with van der Waals surface area (Å²) >= 11 is 6.83. The zero-order valence-corrected chi connectivity index (χ0v) is 11.6. The third kappa shape index (κ3) is 3.95. The minimum absolute atomic E-state index is 0.180. The lowest BCUT2D eigenvalue weighted by atomic mass is 10.1. The summed E-state index contributed by atoms with van der Waals surface area (Å²) in [7, 11) is 0. The maximum Gasteiger partial charge on any atom is 0.310 e. The molecule has 0 heterocycles. The van der Waals surface area contributed by atoms with Crippen molar-refractivity contribution in [3.63, 3.8) is 0 Å². The van der Waals surface area contributed by atoms with Crippen LogP contribution in [0.1, 0.15) is 18.1 Å². The standard InChI is InChI=1S/C11H12Br2O2/c1-2-15-11(14)6-8-3-4-10(13)9(5-8)7-12/h3-5H,2,6-7H2,1H3. The molecule has 0 aromatic heterocycles. The first-order chi connectivity index (χ1) is 7.17. The number of alkyl halides is 1. The summed E-state index contributed by atoms with van der Waals surface area (Å²) < 4.78 is 5.94. The molecule has 0 saturated heterocycles. The first kappa shape index (κ1) is 12.7. The summed E-state index contributed by atoms with van der Waals surface area (Å²) in [6.07, 6.45) is 0.334. The van der Waals surface area contributed by atoms with Gasteiger partial charge in [0, 0.05) is 9.80 Å². The number of halogens is 2. The van der Waals surface area contributed by atoms with E-state index in [0.29, 0.717) is 13.0 Å². The lowest BCUT2D eigenvalue weighted by Gasteiger charge is -2.05. The van der Waals surface area contributed by atoms with Crippen molar-refractivity contribution in [1.82, 2.24) is 0 Å². The summed E-state index contributed by atoms with van der Waals surface area (Å²) in [5.41, 5.74) is 2.11.